The molecule has 6 heteroatoms. The van der Waals surface area contributed by atoms with Crippen LogP contribution in [0.3, 0.4) is 0 Å². The predicted octanol–water partition coefficient (Wildman–Crippen LogP) is 3.08. The summed E-state index contributed by atoms with van der Waals surface area (Å²) in [5, 5.41) is 2.82. The van der Waals surface area contributed by atoms with Gasteiger partial charge < -0.3 is 5.32 Å². The molecule has 0 bridgehead atoms. The number of carbonyl (C=O) groups is 1. The highest BCUT2D eigenvalue weighted by Crippen LogP contribution is 2.13. The molecule has 2 aromatic rings. The predicted molar refractivity (Wildman–Crippen MR) is 70.8 cm³/mol. The van der Waals surface area contributed by atoms with Crippen molar-refractivity contribution in [2.75, 3.05) is 5.32 Å². The van der Waals surface area contributed by atoms with Gasteiger partial charge in [-0.25, -0.2) is 14.4 Å². The van der Waals surface area contributed by atoms with Crippen LogP contribution in [0.1, 0.15) is 23.0 Å². The van der Waals surface area contributed by atoms with E-state index in [0.29, 0.717) is 12.0 Å². The van der Waals surface area contributed by atoms with E-state index in [9.17, 15) is 9.18 Å². The summed E-state index contributed by atoms with van der Waals surface area (Å²) >= 11 is 5.84. The Morgan fingerprint density at radius 2 is 2.21 bits per heavy atom. The van der Waals surface area contributed by atoms with Gasteiger partial charge in [-0.2, -0.15) is 0 Å². The van der Waals surface area contributed by atoms with E-state index in [1.54, 1.807) is 6.07 Å². The van der Waals surface area contributed by atoms with Gasteiger partial charge in [0.25, 0.3) is 5.91 Å². The first-order valence-electron chi connectivity index (χ1n) is 5.68. The topological polar surface area (TPSA) is 54.9 Å². The first-order valence-corrected chi connectivity index (χ1v) is 6.05. The average Bonchev–Trinajstić information content (AvgIpc) is 2.40. The van der Waals surface area contributed by atoms with Crippen molar-refractivity contribution < 1.29 is 9.18 Å². The van der Waals surface area contributed by atoms with E-state index in [1.807, 2.05) is 6.92 Å². The molecule has 0 aliphatic carbocycles. The van der Waals surface area contributed by atoms with E-state index < -0.39 is 5.82 Å². The van der Waals surface area contributed by atoms with Gasteiger partial charge in [-0.15, -0.1) is 0 Å². The molecule has 0 atom stereocenters. The van der Waals surface area contributed by atoms with Crippen LogP contribution in [0.5, 0.6) is 0 Å². The van der Waals surface area contributed by atoms with Gasteiger partial charge in [0.15, 0.2) is 0 Å². The lowest BCUT2D eigenvalue weighted by Crippen LogP contribution is -2.13. The van der Waals surface area contributed by atoms with Crippen LogP contribution >= 0.6 is 11.6 Å². The van der Waals surface area contributed by atoms with Crippen LogP contribution in [0, 0.1) is 5.82 Å². The highest BCUT2D eigenvalue weighted by atomic mass is 35.5. The van der Waals surface area contributed by atoms with Gasteiger partial charge in [-0.3, -0.25) is 4.79 Å². The van der Waals surface area contributed by atoms with Crippen LogP contribution in [0.4, 0.5) is 10.2 Å². The molecule has 0 aliphatic heterocycles. The molecule has 0 saturated carbocycles. The van der Waals surface area contributed by atoms with E-state index in [4.69, 9.17) is 11.6 Å². The van der Waals surface area contributed by atoms with Gasteiger partial charge in [0.05, 0.1) is 6.20 Å². The number of aryl methyl sites for hydroxylation is 1. The Balaban J connectivity index is 2.20. The molecule has 0 unspecified atom stereocenters. The largest absolute Gasteiger partial charge is 0.307 e. The molecule has 98 valence electrons. The second-order valence-electron chi connectivity index (χ2n) is 3.84. The number of carbonyl (C=O) groups excluding carboxylic acids is 1. The zero-order chi connectivity index (χ0) is 13.8. The van der Waals surface area contributed by atoms with E-state index in [0.717, 1.165) is 11.9 Å². The van der Waals surface area contributed by atoms with Gasteiger partial charge in [0.2, 0.25) is 0 Å². The minimum Gasteiger partial charge on any atom is -0.307 e. The minimum atomic E-state index is -0.460. The number of anilines is 1. The third-order valence-corrected chi connectivity index (χ3v) is 2.63. The zero-order valence-corrected chi connectivity index (χ0v) is 10.9. The highest BCUT2D eigenvalue weighted by molar-refractivity contribution is 6.29. The van der Waals surface area contributed by atoms with E-state index in [1.165, 1.54) is 18.2 Å². The van der Waals surface area contributed by atoms with Gasteiger partial charge in [0.1, 0.15) is 16.8 Å². The third kappa shape index (κ3) is 3.48. The lowest BCUT2D eigenvalue weighted by atomic mass is 10.2. The molecule has 2 aromatic heterocycles. The van der Waals surface area contributed by atoms with Crippen molar-refractivity contribution in [3.05, 3.63) is 52.7 Å². The maximum absolute atomic E-state index is 12.7. The Morgan fingerprint density at radius 3 is 2.84 bits per heavy atom. The van der Waals surface area contributed by atoms with Crippen molar-refractivity contribution in [1.82, 2.24) is 9.97 Å². The summed E-state index contributed by atoms with van der Waals surface area (Å²) in [6.07, 6.45) is 1.71. The molecule has 0 aliphatic rings. The minimum absolute atomic E-state index is 0.261. The number of amides is 1. The van der Waals surface area contributed by atoms with Gasteiger partial charge in [0, 0.05) is 11.3 Å². The van der Waals surface area contributed by atoms with Crippen molar-refractivity contribution in [1.29, 1.82) is 0 Å². The summed E-state index contributed by atoms with van der Waals surface area (Å²) in [7, 11) is 0. The standard InChI is InChI=1S/C13H11ClFN3O/c1-2-10-5-8(6-11(14)17-10)13(19)18-12-4-3-9(15)7-16-12/h3-7H,2H2,1H3,(H,16,18,19). The summed E-state index contributed by atoms with van der Waals surface area (Å²) < 4.78 is 12.7. The van der Waals surface area contributed by atoms with Crippen LogP contribution in [-0.2, 0) is 6.42 Å². The number of aromatic nitrogens is 2. The van der Waals surface area contributed by atoms with Gasteiger partial charge in [-0.1, -0.05) is 18.5 Å². The lowest BCUT2D eigenvalue weighted by molar-refractivity contribution is 0.102. The summed E-state index contributed by atoms with van der Waals surface area (Å²) in [5.41, 5.74) is 1.12. The number of hydrogen-bond acceptors (Lipinski definition) is 3. The third-order valence-electron chi connectivity index (χ3n) is 2.44. The van der Waals surface area contributed by atoms with Crippen molar-refractivity contribution >= 4 is 23.3 Å². The highest BCUT2D eigenvalue weighted by Gasteiger charge is 2.09. The lowest BCUT2D eigenvalue weighted by Gasteiger charge is -2.06. The molecule has 2 heterocycles. The molecule has 0 aromatic carbocycles. The second kappa shape index (κ2) is 5.75. The number of rotatable bonds is 3. The van der Waals surface area contributed by atoms with Crippen LogP contribution in [0.2, 0.25) is 5.15 Å². The van der Waals surface area contributed by atoms with E-state index in [-0.39, 0.29) is 16.9 Å². The van der Waals surface area contributed by atoms with Crippen molar-refractivity contribution in [2.24, 2.45) is 0 Å². The van der Waals surface area contributed by atoms with E-state index >= 15 is 0 Å². The molecule has 1 N–H and O–H groups in total. The fourth-order valence-corrected chi connectivity index (χ4v) is 1.73. The molecule has 0 spiro atoms. The fourth-order valence-electron chi connectivity index (χ4n) is 1.50. The number of halogens is 2. The maximum Gasteiger partial charge on any atom is 0.256 e. The Kier molecular flexibility index (Phi) is 4.06. The van der Waals surface area contributed by atoms with Crippen LogP contribution in [-0.4, -0.2) is 15.9 Å². The molecule has 2 rings (SSSR count). The zero-order valence-electron chi connectivity index (χ0n) is 10.2. The Morgan fingerprint density at radius 1 is 1.42 bits per heavy atom. The Hall–Kier alpha value is -2.01. The van der Waals surface area contributed by atoms with Crippen LogP contribution in [0.15, 0.2) is 30.5 Å². The Labute approximate surface area is 114 Å². The first-order chi connectivity index (χ1) is 9.08. The fraction of sp³-hybridized carbons (Fsp3) is 0.154. The SMILES string of the molecule is CCc1cc(C(=O)Nc2ccc(F)cn2)cc(Cl)n1. The molecule has 0 radical (unpaired) electrons. The summed E-state index contributed by atoms with van der Waals surface area (Å²) in [5.74, 6) is -0.547. The summed E-state index contributed by atoms with van der Waals surface area (Å²) in [6.45, 7) is 1.92. The molecule has 4 nitrogen and oxygen atoms in total. The molecule has 19 heavy (non-hydrogen) atoms. The number of nitrogens with one attached hydrogen (secondary N) is 1. The van der Waals surface area contributed by atoms with Crippen LogP contribution < -0.4 is 5.32 Å². The normalized spacial score (nSPS) is 10.3. The summed E-state index contributed by atoms with van der Waals surface area (Å²) in [4.78, 5) is 19.8. The van der Waals surface area contributed by atoms with Crippen molar-refractivity contribution in [3.63, 3.8) is 0 Å². The average molecular weight is 280 g/mol. The Bertz CT molecular complexity index is 601. The van der Waals surface area contributed by atoms with Gasteiger partial charge >= 0.3 is 0 Å². The molecular weight excluding hydrogens is 269 g/mol. The van der Waals surface area contributed by atoms with E-state index in [2.05, 4.69) is 15.3 Å². The first kappa shape index (κ1) is 13.4. The monoisotopic (exact) mass is 279 g/mol. The van der Waals surface area contributed by atoms with Crippen molar-refractivity contribution in [2.45, 2.75) is 13.3 Å². The molecule has 1 amide bonds. The number of hydrogen-bond donors (Lipinski definition) is 1. The smallest absolute Gasteiger partial charge is 0.256 e. The molecular formula is C13H11ClFN3O. The quantitative estimate of drug-likeness (QED) is 0.879. The second-order valence-corrected chi connectivity index (χ2v) is 4.23. The number of pyridine rings is 2. The van der Waals surface area contributed by atoms with Crippen LogP contribution in [0.25, 0.3) is 0 Å². The summed E-state index contributed by atoms with van der Waals surface area (Å²) in [6, 6.07) is 5.74. The van der Waals surface area contributed by atoms with Crippen molar-refractivity contribution in [3.8, 4) is 0 Å². The molecule has 0 fully saturated rings. The maximum atomic E-state index is 12.7. The molecule has 0 saturated heterocycles. The van der Waals surface area contributed by atoms with Gasteiger partial charge in [-0.05, 0) is 30.7 Å². The number of nitrogens with zero attached hydrogens (tertiary/aromatic N) is 2.